The highest BCUT2D eigenvalue weighted by Crippen LogP contribution is 2.28. The van der Waals surface area contributed by atoms with E-state index >= 15 is 0 Å². The summed E-state index contributed by atoms with van der Waals surface area (Å²) in [4.78, 5) is 26.8. The maximum absolute atomic E-state index is 11.9. The van der Waals surface area contributed by atoms with Gasteiger partial charge in [-0.3, -0.25) is 14.3 Å². The molecule has 3 rings (SSSR count). The Morgan fingerprint density at radius 1 is 1.48 bits per heavy atom. The highest BCUT2D eigenvalue weighted by atomic mass is 32.1. The molecule has 3 atom stereocenters. The third-order valence-corrected chi connectivity index (χ3v) is 4.35. The first-order valence-corrected chi connectivity index (χ1v) is 7.32. The second kappa shape index (κ2) is 5.57. The summed E-state index contributed by atoms with van der Waals surface area (Å²) >= 11 is 1.39. The lowest BCUT2D eigenvalue weighted by Gasteiger charge is -2.15. The topological polar surface area (TPSA) is 105 Å². The Kier molecular flexibility index (Phi) is 3.77. The SMILES string of the molecule is O=c1[nH]c(=O)n([C@@H]2C[C@H](O)[C@H](CO)O2)cc1-c1cccs1. The first-order chi connectivity index (χ1) is 10.1. The fourth-order valence-electron chi connectivity index (χ4n) is 2.36. The first kappa shape index (κ1) is 14.2. The summed E-state index contributed by atoms with van der Waals surface area (Å²) in [5, 5.41) is 20.7. The van der Waals surface area contributed by atoms with Crippen molar-refractivity contribution in [3.8, 4) is 10.4 Å². The first-order valence-electron chi connectivity index (χ1n) is 6.44. The summed E-state index contributed by atoms with van der Waals surface area (Å²) in [5.74, 6) is 0. The third kappa shape index (κ3) is 2.58. The van der Waals surface area contributed by atoms with Crippen LogP contribution >= 0.6 is 11.3 Å². The van der Waals surface area contributed by atoms with Crippen LogP contribution in [0, 0.1) is 0 Å². The number of nitrogens with one attached hydrogen (secondary N) is 1. The van der Waals surface area contributed by atoms with Gasteiger partial charge in [-0.2, -0.15) is 0 Å². The molecule has 0 radical (unpaired) electrons. The Bertz CT molecular complexity index is 736. The van der Waals surface area contributed by atoms with Gasteiger partial charge in [-0.15, -0.1) is 11.3 Å². The number of aliphatic hydroxyl groups excluding tert-OH is 2. The molecule has 1 aliphatic rings. The normalized spacial score (nSPS) is 25.3. The Morgan fingerprint density at radius 3 is 2.90 bits per heavy atom. The van der Waals surface area contributed by atoms with Crippen LogP contribution in [-0.2, 0) is 4.74 Å². The van der Waals surface area contributed by atoms with Crippen molar-refractivity contribution in [2.75, 3.05) is 6.61 Å². The molecule has 0 aliphatic carbocycles. The van der Waals surface area contributed by atoms with Crippen LogP contribution in [0.3, 0.4) is 0 Å². The summed E-state index contributed by atoms with van der Waals surface area (Å²) in [6, 6.07) is 3.59. The maximum Gasteiger partial charge on any atom is 0.330 e. The van der Waals surface area contributed by atoms with Crippen LogP contribution in [0.5, 0.6) is 0 Å². The number of aliphatic hydroxyl groups is 2. The van der Waals surface area contributed by atoms with E-state index in [1.807, 2.05) is 11.4 Å². The van der Waals surface area contributed by atoms with Gasteiger partial charge >= 0.3 is 5.69 Å². The Labute approximate surface area is 123 Å². The number of rotatable bonds is 3. The molecule has 0 amide bonds. The van der Waals surface area contributed by atoms with Gasteiger partial charge in [0.15, 0.2) is 0 Å². The number of hydrogen-bond acceptors (Lipinski definition) is 6. The lowest BCUT2D eigenvalue weighted by atomic mass is 10.2. The van der Waals surface area contributed by atoms with Crippen molar-refractivity contribution in [1.82, 2.24) is 9.55 Å². The number of ether oxygens (including phenoxy) is 1. The van der Waals surface area contributed by atoms with E-state index in [9.17, 15) is 14.7 Å². The van der Waals surface area contributed by atoms with Crippen LogP contribution in [0.1, 0.15) is 12.6 Å². The molecule has 2 aromatic rings. The maximum atomic E-state index is 11.9. The Hall–Kier alpha value is -1.74. The van der Waals surface area contributed by atoms with E-state index in [4.69, 9.17) is 9.84 Å². The number of thiophene rings is 1. The zero-order valence-corrected chi connectivity index (χ0v) is 11.7. The number of H-pyrrole nitrogens is 1. The smallest absolute Gasteiger partial charge is 0.330 e. The standard InChI is InChI=1S/C13H14N2O5S/c16-6-9-8(17)4-11(20-9)15-5-7(10-2-1-3-21-10)12(18)14-13(15)19/h1-3,5,8-9,11,16-17H,4,6H2,(H,14,18,19)/t8-,9-,11-/m0/s1. The Balaban J connectivity index is 2.02. The quantitative estimate of drug-likeness (QED) is 0.735. The molecule has 1 saturated heterocycles. The molecule has 0 aromatic carbocycles. The number of aromatic amines is 1. The average Bonchev–Trinajstić information content (AvgIpc) is 3.08. The minimum Gasteiger partial charge on any atom is -0.394 e. The summed E-state index contributed by atoms with van der Waals surface area (Å²) in [5.41, 5.74) is -0.692. The van der Waals surface area contributed by atoms with Crippen molar-refractivity contribution in [2.24, 2.45) is 0 Å². The predicted molar refractivity (Wildman–Crippen MR) is 76.3 cm³/mol. The highest BCUT2D eigenvalue weighted by molar-refractivity contribution is 7.13. The van der Waals surface area contributed by atoms with Gasteiger partial charge in [0.2, 0.25) is 0 Å². The molecule has 0 bridgehead atoms. The Morgan fingerprint density at radius 2 is 2.29 bits per heavy atom. The predicted octanol–water partition coefficient (Wildman–Crippen LogP) is -0.0942. The number of nitrogens with zero attached hydrogens (tertiary/aromatic N) is 1. The monoisotopic (exact) mass is 310 g/mol. The largest absolute Gasteiger partial charge is 0.394 e. The van der Waals surface area contributed by atoms with Crippen molar-refractivity contribution in [3.63, 3.8) is 0 Å². The van der Waals surface area contributed by atoms with Gasteiger partial charge < -0.3 is 14.9 Å². The van der Waals surface area contributed by atoms with E-state index in [1.54, 1.807) is 6.07 Å². The number of aromatic nitrogens is 2. The highest BCUT2D eigenvalue weighted by Gasteiger charge is 2.35. The molecule has 2 aromatic heterocycles. The van der Waals surface area contributed by atoms with Crippen molar-refractivity contribution in [3.05, 3.63) is 44.5 Å². The van der Waals surface area contributed by atoms with E-state index in [0.717, 1.165) is 4.88 Å². The molecule has 1 fully saturated rings. The molecule has 7 nitrogen and oxygen atoms in total. The summed E-state index contributed by atoms with van der Waals surface area (Å²) in [6.07, 6.45) is -0.659. The van der Waals surface area contributed by atoms with Gasteiger partial charge in [0.25, 0.3) is 5.56 Å². The van der Waals surface area contributed by atoms with Crippen LogP contribution in [-0.4, -0.2) is 38.6 Å². The van der Waals surface area contributed by atoms with Crippen LogP contribution < -0.4 is 11.2 Å². The molecule has 0 unspecified atom stereocenters. The molecular formula is C13H14N2O5S. The van der Waals surface area contributed by atoms with E-state index in [-0.39, 0.29) is 13.0 Å². The second-order valence-electron chi connectivity index (χ2n) is 4.80. The molecule has 0 saturated carbocycles. The van der Waals surface area contributed by atoms with Gasteiger partial charge in [0.05, 0.1) is 18.3 Å². The lowest BCUT2D eigenvalue weighted by molar-refractivity contribution is -0.0458. The molecular weight excluding hydrogens is 296 g/mol. The van der Waals surface area contributed by atoms with Crippen molar-refractivity contribution < 1.29 is 14.9 Å². The molecule has 3 heterocycles. The molecule has 1 aliphatic heterocycles. The van der Waals surface area contributed by atoms with Crippen LogP contribution in [0.25, 0.3) is 10.4 Å². The van der Waals surface area contributed by atoms with E-state index < -0.39 is 29.7 Å². The van der Waals surface area contributed by atoms with E-state index in [2.05, 4.69) is 4.98 Å². The minimum absolute atomic E-state index is 0.182. The van der Waals surface area contributed by atoms with E-state index in [0.29, 0.717) is 5.56 Å². The fraction of sp³-hybridized carbons (Fsp3) is 0.385. The second-order valence-corrected chi connectivity index (χ2v) is 5.75. The van der Waals surface area contributed by atoms with Gasteiger partial charge in [0.1, 0.15) is 12.3 Å². The third-order valence-electron chi connectivity index (χ3n) is 3.45. The molecule has 8 heteroatoms. The minimum atomic E-state index is -0.844. The summed E-state index contributed by atoms with van der Waals surface area (Å²) in [6.45, 7) is -0.326. The zero-order chi connectivity index (χ0) is 15.0. The van der Waals surface area contributed by atoms with Crippen LogP contribution in [0.15, 0.2) is 33.3 Å². The average molecular weight is 310 g/mol. The van der Waals surface area contributed by atoms with Gasteiger partial charge in [-0.1, -0.05) is 6.07 Å². The molecule has 112 valence electrons. The molecule has 3 N–H and O–H groups in total. The fourth-order valence-corrected chi connectivity index (χ4v) is 3.09. The van der Waals surface area contributed by atoms with Crippen LogP contribution in [0.2, 0.25) is 0 Å². The molecule has 0 spiro atoms. The van der Waals surface area contributed by atoms with Gasteiger partial charge in [-0.25, -0.2) is 4.79 Å². The van der Waals surface area contributed by atoms with Gasteiger partial charge in [-0.05, 0) is 11.4 Å². The van der Waals surface area contributed by atoms with Crippen molar-refractivity contribution in [1.29, 1.82) is 0 Å². The van der Waals surface area contributed by atoms with Gasteiger partial charge in [0, 0.05) is 17.5 Å². The lowest BCUT2D eigenvalue weighted by Crippen LogP contribution is -2.33. The summed E-state index contributed by atoms with van der Waals surface area (Å²) < 4.78 is 6.69. The number of hydrogen-bond donors (Lipinski definition) is 3. The van der Waals surface area contributed by atoms with Crippen molar-refractivity contribution >= 4 is 11.3 Å². The van der Waals surface area contributed by atoms with Crippen molar-refractivity contribution in [2.45, 2.75) is 24.9 Å². The summed E-state index contributed by atoms with van der Waals surface area (Å²) in [7, 11) is 0. The zero-order valence-electron chi connectivity index (χ0n) is 10.9. The molecule has 21 heavy (non-hydrogen) atoms. The van der Waals surface area contributed by atoms with E-state index in [1.165, 1.54) is 22.1 Å². The van der Waals surface area contributed by atoms with Crippen LogP contribution in [0.4, 0.5) is 0 Å².